The van der Waals surface area contributed by atoms with Gasteiger partial charge in [0.2, 0.25) is 0 Å². The van der Waals surface area contributed by atoms with Crippen LogP contribution in [0.4, 0.5) is 17.1 Å². The van der Waals surface area contributed by atoms with E-state index in [4.69, 9.17) is 9.47 Å². The predicted molar refractivity (Wildman–Crippen MR) is 191 cm³/mol. The van der Waals surface area contributed by atoms with Gasteiger partial charge < -0.3 is 14.4 Å². The second kappa shape index (κ2) is 15.6. The SMILES string of the molecule is C=CCOCCCc1ccc(N(c2ccc(CCCOCC)cc2)c2ccc3c(c2)C(CC)(CC)c2cc(CC)ccc2-3)cc1. The molecule has 0 aliphatic heterocycles. The van der Waals surface area contributed by atoms with Gasteiger partial charge in [-0.1, -0.05) is 75.4 Å². The summed E-state index contributed by atoms with van der Waals surface area (Å²) in [5, 5.41) is 0. The third kappa shape index (κ3) is 7.11. The molecule has 45 heavy (non-hydrogen) atoms. The molecule has 4 aromatic rings. The van der Waals surface area contributed by atoms with E-state index >= 15 is 0 Å². The number of hydrogen-bond donors (Lipinski definition) is 0. The van der Waals surface area contributed by atoms with Crippen LogP contribution in [0.1, 0.15) is 81.2 Å². The highest BCUT2D eigenvalue weighted by molar-refractivity contribution is 5.86. The number of benzene rings is 4. The van der Waals surface area contributed by atoms with Crippen LogP contribution in [0, 0.1) is 0 Å². The lowest BCUT2D eigenvalue weighted by molar-refractivity contribution is 0.145. The lowest BCUT2D eigenvalue weighted by Gasteiger charge is -2.32. The first kappa shape index (κ1) is 32.7. The van der Waals surface area contributed by atoms with E-state index in [-0.39, 0.29) is 5.41 Å². The van der Waals surface area contributed by atoms with Gasteiger partial charge in [0.25, 0.3) is 0 Å². The summed E-state index contributed by atoms with van der Waals surface area (Å²) in [7, 11) is 0. The van der Waals surface area contributed by atoms with Crippen LogP contribution in [-0.4, -0.2) is 26.4 Å². The quantitative estimate of drug-likeness (QED) is 0.0887. The molecule has 0 amide bonds. The van der Waals surface area contributed by atoms with Crippen molar-refractivity contribution in [2.45, 2.75) is 78.1 Å². The van der Waals surface area contributed by atoms with Crippen LogP contribution < -0.4 is 4.90 Å². The van der Waals surface area contributed by atoms with Crippen LogP contribution in [0.3, 0.4) is 0 Å². The largest absolute Gasteiger partial charge is 0.382 e. The summed E-state index contributed by atoms with van der Waals surface area (Å²) in [6, 6.07) is 32.5. The second-order valence-electron chi connectivity index (χ2n) is 12.2. The summed E-state index contributed by atoms with van der Waals surface area (Å²) in [5.41, 5.74) is 13.4. The van der Waals surface area contributed by atoms with Gasteiger partial charge >= 0.3 is 0 Å². The molecular formula is C42H51NO2. The first-order valence-electron chi connectivity index (χ1n) is 17.1. The molecular weight excluding hydrogens is 550 g/mol. The average molecular weight is 602 g/mol. The van der Waals surface area contributed by atoms with Crippen molar-refractivity contribution < 1.29 is 9.47 Å². The maximum atomic E-state index is 5.60. The Morgan fingerprint density at radius 2 is 1.13 bits per heavy atom. The summed E-state index contributed by atoms with van der Waals surface area (Å²) in [5.74, 6) is 0. The van der Waals surface area contributed by atoms with Crippen molar-refractivity contribution in [1.82, 2.24) is 0 Å². The second-order valence-corrected chi connectivity index (χ2v) is 12.2. The van der Waals surface area contributed by atoms with Crippen molar-refractivity contribution in [2.75, 3.05) is 31.3 Å². The molecule has 0 saturated heterocycles. The first-order valence-corrected chi connectivity index (χ1v) is 17.1. The van der Waals surface area contributed by atoms with Crippen LogP contribution in [0.5, 0.6) is 0 Å². The molecule has 0 radical (unpaired) electrons. The van der Waals surface area contributed by atoms with Crippen LogP contribution in [0.15, 0.2) is 97.6 Å². The van der Waals surface area contributed by atoms with Gasteiger partial charge in [-0.15, -0.1) is 6.58 Å². The Balaban J connectivity index is 1.51. The molecule has 3 heteroatoms. The number of aryl methyl sites for hydroxylation is 3. The number of fused-ring (bicyclic) bond motifs is 3. The van der Waals surface area contributed by atoms with E-state index in [0.717, 1.165) is 64.8 Å². The minimum absolute atomic E-state index is 0.0273. The zero-order chi connectivity index (χ0) is 31.6. The Hall–Kier alpha value is -3.66. The van der Waals surface area contributed by atoms with Crippen molar-refractivity contribution in [3.05, 3.63) is 125 Å². The average Bonchev–Trinajstić information content (AvgIpc) is 3.36. The summed E-state index contributed by atoms with van der Waals surface area (Å²) in [4.78, 5) is 2.43. The summed E-state index contributed by atoms with van der Waals surface area (Å²) in [6.45, 7) is 15.7. The summed E-state index contributed by atoms with van der Waals surface area (Å²) < 4.78 is 11.2. The summed E-state index contributed by atoms with van der Waals surface area (Å²) in [6.07, 6.45) is 9.11. The lowest BCUT2D eigenvalue weighted by Crippen LogP contribution is -2.23. The number of ether oxygens (including phenoxy) is 2. The topological polar surface area (TPSA) is 21.7 Å². The zero-order valence-electron chi connectivity index (χ0n) is 27.9. The van der Waals surface area contributed by atoms with E-state index in [1.165, 1.54) is 56.0 Å². The smallest absolute Gasteiger partial charge is 0.0644 e. The molecule has 5 rings (SSSR count). The highest BCUT2D eigenvalue weighted by Gasteiger charge is 2.41. The Bertz CT molecular complexity index is 1530. The number of hydrogen-bond acceptors (Lipinski definition) is 3. The molecule has 4 aromatic carbocycles. The van der Waals surface area contributed by atoms with Gasteiger partial charge in [-0.25, -0.2) is 0 Å². The Morgan fingerprint density at radius 3 is 1.67 bits per heavy atom. The molecule has 0 unspecified atom stereocenters. The van der Waals surface area contributed by atoms with Gasteiger partial charge in [-0.05, 0) is 127 Å². The van der Waals surface area contributed by atoms with Gasteiger partial charge in [0, 0.05) is 42.3 Å². The third-order valence-electron chi connectivity index (χ3n) is 9.62. The normalized spacial score (nSPS) is 13.0. The van der Waals surface area contributed by atoms with E-state index in [9.17, 15) is 0 Å². The van der Waals surface area contributed by atoms with Crippen molar-refractivity contribution in [2.24, 2.45) is 0 Å². The molecule has 1 aliphatic carbocycles. The van der Waals surface area contributed by atoms with Gasteiger partial charge in [0.1, 0.15) is 0 Å². The monoisotopic (exact) mass is 601 g/mol. The molecule has 0 saturated carbocycles. The standard InChI is InChI=1S/C42H51NO2/c1-6-27-45-29-12-14-34-17-22-36(23-18-34)43(35-20-15-33(16-21-35)13-11-28-44-10-5)37-24-26-39-38-25-19-32(7-2)30-40(38)42(8-3,9-4)41(39)31-37/h6,15-26,30-31H,1,7-14,27-29H2,2-5H3. The molecule has 0 spiro atoms. The minimum Gasteiger partial charge on any atom is -0.382 e. The molecule has 0 N–H and O–H groups in total. The van der Waals surface area contributed by atoms with E-state index in [2.05, 4.69) is 124 Å². The molecule has 0 bridgehead atoms. The molecule has 1 aliphatic rings. The molecule has 3 nitrogen and oxygen atoms in total. The molecule has 0 atom stereocenters. The van der Waals surface area contributed by atoms with Gasteiger partial charge in [-0.2, -0.15) is 0 Å². The van der Waals surface area contributed by atoms with E-state index in [1.54, 1.807) is 0 Å². The van der Waals surface area contributed by atoms with Crippen LogP contribution in [-0.2, 0) is 34.2 Å². The highest BCUT2D eigenvalue weighted by atomic mass is 16.5. The number of nitrogens with zero attached hydrogens (tertiary/aromatic N) is 1. The highest BCUT2D eigenvalue weighted by Crippen LogP contribution is 2.54. The fraction of sp³-hybridized carbons (Fsp3) is 0.381. The van der Waals surface area contributed by atoms with E-state index < -0.39 is 0 Å². The van der Waals surface area contributed by atoms with Crippen molar-refractivity contribution in [1.29, 1.82) is 0 Å². The van der Waals surface area contributed by atoms with E-state index in [1.807, 2.05) is 6.08 Å². The fourth-order valence-electron chi connectivity index (χ4n) is 7.04. The fourth-order valence-corrected chi connectivity index (χ4v) is 7.04. The van der Waals surface area contributed by atoms with Crippen molar-refractivity contribution in [3.63, 3.8) is 0 Å². The number of rotatable bonds is 17. The van der Waals surface area contributed by atoms with Gasteiger partial charge in [-0.3, -0.25) is 0 Å². The lowest BCUT2D eigenvalue weighted by atomic mass is 9.73. The first-order chi connectivity index (χ1) is 22.1. The Kier molecular flexibility index (Phi) is 11.3. The van der Waals surface area contributed by atoms with Crippen LogP contribution >= 0.6 is 0 Å². The molecule has 0 heterocycles. The van der Waals surface area contributed by atoms with Crippen LogP contribution in [0.25, 0.3) is 11.1 Å². The Morgan fingerprint density at radius 1 is 0.622 bits per heavy atom. The predicted octanol–water partition coefficient (Wildman–Crippen LogP) is 10.9. The van der Waals surface area contributed by atoms with Gasteiger partial charge in [0.05, 0.1) is 6.61 Å². The number of anilines is 3. The molecule has 236 valence electrons. The Labute approximate surface area is 271 Å². The molecule has 0 fully saturated rings. The van der Waals surface area contributed by atoms with Gasteiger partial charge in [0.15, 0.2) is 0 Å². The van der Waals surface area contributed by atoms with Crippen LogP contribution in [0.2, 0.25) is 0 Å². The van der Waals surface area contributed by atoms with Crippen molar-refractivity contribution >= 4 is 17.1 Å². The summed E-state index contributed by atoms with van der Waals surface area (Å²) >= 11 is 0. The maximum absolute atomic E-state index is 5.60. The minimum atomic E-state index is 0.0273. The zero-order valence-corrected chi connectivity index (χ0v) is 27.9. The van der Waals surface area contributed by atoms with E-state index in [0.29, 0.717) is 6.61 Å². The third-order valence-corrected chi connectivity index (χ3v) is 9.62. The van der Waals surface area contributed by atoms with Crippen molar-refractivity contribution in [3.8, 4) is 11.1 Å². The maximum Gasteiger partial charge on any atom is 0.0644 e. The molecule has 0 aromatic heterocycles.